The topological polar surface area (TPSA) is 67.6 Å². The standard InChI is InChI=1S/C18H18ClN3O3S/c1-22(9-13-11-25-18(20-13)16-4-3-7-26-16)10-17(23)21-14-8-12(19)5-6-15(14)24-2/h3-8,11H,9-10H2,1-2H3,(H,21,23). The van der Waals surface area contributed by atoms with E-state index in [2.05, 4.69) is 10.3 Å². The first-order valence-corrected chi connectivity index (χ1v) is 9.11. The van der Waals surface area contributed by atoms with E-state index in [1.165, 1.54) is 0 Å². The Bertz CT molecular complexity index is 880. The minimum atomic E-state index is -0.171. The quantitative estimate of drug-likeness (QED) is 0.655. The van der Waals surface area contributed by atoms with Crippen molar-refractivity contribution in [3.05, 3.63) is 52.7 Å². The molecule has 2 heterocycles. The molecule has 0 fully saturated rings. The summed E-state index contributed by atoms with van der Waals surface area (Å²) in [7, 11) is 3.38. The summed E-state index contributed by atoms with van der Waals surface area (Å²) in [6.45, 7) is 0.686. The molecule has 0 aliphatic carbocycles. The van der Waals surface area contributed by atoms with Gasteiger partial charge in [-0.15, -0.1) is 11.3 Å². The van der Waals surface area contributed by atoms with E-state index in [9.17, 15) is 4.79 Å². The van der Waals surface area contributed by atoms with Gasteiger partial charge in [-0.05, 0) is 36.7 Å². The van der Waals surface area contributed by atoms with Gasteiger partial charge in [-0.3, -0.25) is 9.69 Å². The van der Waals surface area contributed by atoms with Crippen LogP contribution in [0.1, 0.15) is 5.69 Å². The van der Waals surface area contributed by atoms with Crippen LogP contribution in [0.3, 0.4) is 0 Å². The SMILES string of the molecule is COc1ccc(Cl)cc1NC(=O)CN(C)Cc1coc(-c2cccs2)n1. The van der Waals surface area contributed by atoms with Crippen LogP contribution in [0.25, 0.3) is 10.8 Å². The Balaban J connectivity index is 1.57. The average Bonchev–Trinajstić information content (AvgIpc) is 3.26. The molecule has 0 radical (unpaired) electrons. The number of halogens is 1. The maximum Gasteiger partial charge on any atom is 0.238 e. The molecule has 0 aliphatic heterocycles. The maximum absolute atomic E-state index is 12.3. The van der Waals surface area contributed by atoms with Crippen molar-refractivity contribution in [2.45, 2.75) is 6.54 Å². The summed E-state index contributed by atoms with van der Waals surface area (Å²) in [6, 6.07) is 8.98. The summed E-state index contributed by atoms with van der Waals surface area (Å²) in [5.74, 6) is 0.981. The summed E-state index contributed by atoms with van der Waals surface area (Å²) >= 11 is 7.55. The number of thiophene rings is 1. The zero-order valence-corrected chi connectivity index (χ0v) is 15.9. The van der Waals surface area contributed by atoms with Gasteiger partial charge in [0.05, 0.1) is 29.9 Å². The van der Waals surface area contributed by atoms with Crippen LogP contribution in [-0.4, -0.2) is 36.5 Å². The molecule has 6 nitrogen and oxygen atoms in total. The highest BCUT2D eigenvalue weighted by molar-refractivity contribution is 7.13. The summed E-state index contributed by atoms with van der Waals surface area (Å²) < 4.78 is 10.7. The molecule has 1 aromatic carbocycles. The molecule has 26 heavy (non-hydrogen) atoms. The van der Waals surface area contributed by atoms with Gasteiger partial charge in [0.15, 0.2) is 0 Å². The van der Waals surface area contributed by atoms with Crippen molar-refractivity contribution in [1.29, 1.82) is 0 Å². The van der Waals surface area contributed by atoms with Gasteiger partial charge in [0.2, 0.25) is 11.8 Å². The van der Waals surface area contributed by atoms with Gasteiger partial charge in [-0.1, -0.05) is 17.7 Å². The number of anilines is 1. The number of amides is 1. The summed E-state index contributed by atoms with van der Waals surface area (Å²) in [6.07, 6.45) is 1.61. The molecule has 136 valence electrons. The van der Waals surface area contributed by atoms with E-state index in [4.69, 9.17) is 20.8 Å². The van der Waals surface area contributed by atoms with E-state index in [0.717, 1.165) is 10.6 Å². The highest BCUT2D eigenvalue weighted by Crippen LogP contribution is 2.27. The Morgan fingerprint density at radius 1 is 1.42 bits per heavy atom. The van der Waals surface area contributed by atoms with Crippen molar-refractivity contribution >= 4 is 34.5 Å². The second-order valence-electron chi connectivity index (χ2n) is 5.69. The smallest absolute Gasteiger partial charge is 0.238 e. The molecule has 0 bridgehead atoms. The van der Waals surface area contributed by atoms with Crippen molar-refractivity contribution in [3.63, 3.8) is 0 Å². The summed E-state index contributed by atoms with van der Waals surface area (Å²) in [5.41, 5.74) is 1.31. The van der Waals surface area contributed by atoms with E-state index in [1.54, 1.807) is 42.9 Å². The van der Waals surface area contributed by atoms with E-state index < -0.39 is 0 Å². The maximum atomic E-state index is 12.3. The zero-order chi connectivity index (χ0) is 18.5. The predicted molar refractivity (Wildman–Crippen MR) is 103 cm³/mol. The molecule has 1 amide bonds. The molecule has 3 aromatic rings. The van der Waals surface area contributed by atoms with E-state index in [-0.39, 0.29) is 12.5 Å². The minimum absolute atomic E-state index is 0.171. The average molecular weight is 392 g/mol. The molecule has 0 spiro atoms. The lowest BCUT2D eigenvalue weighted by Gasteiger charge is -2.16. The number of hydrogen-bond acceptors (Lipinski definition) is 6. The molecule has 0 unspecified atom stereocenters. The van der Waals surface area contributed by atoms with Crippen LogP contribution in [0.15, 0.2) is 46.4 Å². The van der Waals surface area contributed by atoms with Crippen LogP contribution >= 0.6 is 22.9 Å². The van der Waals surface area contributed by atoms with Crippen molar-refractivity contribution in [1.82, 2.24) is 9.88 Å². The first-order valence-electron chi connectivity index (χ1n) is 7.85. The van der Waals surface area contributed by atoms with Gasteiger partial charge in [-0.2, -0.15) is 0 Å². The van der Waals surface area contributed by atoms with E-state index in [1.807, 2.05) is 29.5 Å². The number of nitrogens with one attached hydrogen (secondary N) is 1. The number of ether oxygens (including phenoxy) is 1. The lowest BCUT2D eigenvalue weighted by Crippen LogP contribution is -2.30. The van der Waals surface area contributed by atoms with Crippen LogP contribution in [-0.2, 0) is 11.3 Å². The van der Waals surface area contributed by atoms with Crippen molar-refractivity contribution in [3.8, 4) is 16.5 Å². The van der Waals surface area contributed by atoms with E-state index >= 15 is 0 Å². The minimum Gasteiger partial charge on any atom is -0.495 e. The second kappa shape index (κ2) is 8.35. The predicted octanol–water partition coefficient (Wildman–Crippen LogP) is 4.14. The van der Waals surface area contributed by atoms with Gasteiger partial charge in [0.1, 0.15) is 12.0 Å². The molecular formula is C18H18ClN3O3S. The summed E-state index contributed by atoms with van der Waals surface area (Å²) in [5, 5.41) is 5.31. The molecule has 1 N–H and O–H groups in total. The first-order chi connectivity index (χ1) is 12.5. The number of carbonyl (C=O) groups excluding carboxylic acids is 1. The fourth-order valence-corrected chi connectivity index (χ4v) is 3.27. The molecule has 3 rings (SSSR count). The van der Waals surface area contributed by atoms with Gasteiger partial charge < -0.3 is 14.5 Å². The number of carbonyl (C=O) groups is 1. The molecule has 0 saturated carbocycles. The molecule has 2 aromatic heterocycles. The highest BCUT2D eigenvalue weighted by atomic mass is 35.5. The van der Waals surface area contributed by atoms with Crippen LogP contribution in [0.5, 0.6) is 5.75 Å². The highest BCUT2D eigenvalue weighted by Gasteiger charge is 2.13. The Labute approximate surface area is 160 Å². The number of aromatic nitrogens is 1. The fraction of sp³-hybridized carbons (Fsp3) is 0.222. The second-order valence-corrected chi connectivity index (χ2v) is 7.07. The lowest BCUT2D eigenvalue weighted by molar-refractivity contribution is -0.117. The number of likely N-dealkylation sites (N-methyl/N-ethyl adjacent to an activating group) is 1. The Morgan fingerprint density at radius 3 is 3.00 bits per heavy atom. The van der Waals surface area contributed by atoms with Crippen molar-refractivity contribution < 1.29 is 13.9 Å². The number of rotatable bonds is 7. The van der Waals surface area contributed by atoms with Crippen molar-refractivity contribution in [2.75, 3.05) is 26.0 Å². The Kier molecular flexibility index (Phi) is 5.92. The van der Waals surface area contributed by atoms with Gasteiger partial charge in [0.25, 0.3) is 0 Å². The molecule has 0 atom stereocenters. The van der Waals surface area contributed by atoms with Gasteiger partial charge in [0, 0.05) is 11.6 Å². The molecular weight excluding hydrogens is 374 g/mol. The fourth-order valence-electron chi connectivity index (χ4n) is 2.44. The number of nitrogens with zero attached hydrogens (tertiary/aromatic N) is 2. The Morgan fingerprint density at radius 2 is 2.27 bits per heavy atom. The molecule has 0 saturated heterocycles. The summed E-state index contributed by atoms with van der Waals surface area (Å²) in [4.78, 5) is 19.6. The van der Waals surface area contributed by atoms with Crippen LogP contribution in [0, 0.1) is 0 Å². The number of hydrogen-bond donors (Lipinski definition) is 1. The zero-order valence-electron chi connectivity index (χ0n) is 14.4. The van der Waals surface area contributed by atoms with E-state index in [0.29, 0.717) is 28.9 Å². The van der Waals surface area contributed by atoms with Gasteiger partial charge in [-0.25, -0.2) is 4.98 Å². The monoisotopic (exact) mass is 391 g/mol. The number of methoxy groups -OCH3 is 1. The largest absolute Gasteiger partial charge is 0.495 e. The third-order valence-corrected chi connectivity index (χ3v) is 4.66. The van der Waals surface area contributed by atoms with Crippen LogP contribution in [0.4, 0.5) is 5.69 Å². The third kappa shape index (κ3) is 4.63. The van der Waals surface area contributed by atoms with Gasteiger partial charge >= 0.3 is 0 Å². The lowest BCUT2D eigenvalue weighted by atomic mass is 10.3. The first kappa shape index (κ1) is 18.4. The van der Waals surface area contributed by atoms with Crippen molar-refractivity contribution in [2.24, 2.45) is 0 Å². The third-order valence-electron chi connectivity index (χ3n) is 3.56. The van der Waals surface area contributed by atoms with Crippen LogP contribution in [0.2, 0.25) is 5.02 Å². The molecule has 8 heteroatoms. The normalized spacial score (nSPS) is 10.9. The molecule has 0 aliphatic rings. The number of benzene rings is 1. The Hall–Kier alpha value is -2.35. The van der Waals surface area contributed by atoms with Crippen LogP contribution < -0.4 is 10.1 Å². The number of oxazole rings is 1.